The number of esters is 1. The zero-order valence-electron chi connectivity index (χ0n) is 12.8. The van der Waals surface area contributed by atoms with Crippen molar-refractivity contribution in [1.82, 2.24) is 0 Å². The topological polar surface area (TPSA) is 98.5 Å². The van der Waals surface area contributed by atoms with E-state index in [2.05, 4.69) is 5.32 Å². The minimum Gasteiger partial charge on any atom is -0.451 e. The number of nitro groups is 1. The van der Waals surface area contributed by atoms with E-state index in [1.54, 1.807) is 26.0 Å². The third-order valence-corrected chi connectivity index (χ3v) is 4.49. The molecule has 0 unspecified atom stereocenters. The fourth-order valence-corrected chi connectivity index (χ4v) is 2.85. The van der Waals surface area contributed by atoms with Crippen molar-refractivity contribution in [2.45, 2.75) is 13.8 Å². The summed E-state index contributed by atoms with van der Waals surface area (Å²) >= 11 is 6.75. The van der Waals surface area contributed by atoms with Crippen LogP contribution < -0.4 is 5.32 Å². The fraction of sp³-hybridized carbons (Fsp3) is 0.200. The van der Waals surface area contributed by atoms with Crippen LogP contribution in [0.2, 0.25) is 4.34 Å². The lowest BCUT2D eigenvalue weighted by Crippen LogP contribution is -2.21. The van der Waals surface area contributed by atoms with Crippen molar-refractivity contribution in [2.24, 2.45) is 0 Å². The van der Waals surface area contributed by atoms with Gasteiger partial charge in [-0.05, 0) is 37.1 Å². The minimum atomic E-state index is -0.683. The smallest absolute Gasteiger partial charge is 0.348 e. The lowest BCUT2D eigenvalue weighted by atomic mass is 10.1. The molecular weight excluding hydrogens is 356 g/mol. The SMILES string of the molecule is Cc1ccc([N+](=O)[O-])c(NC(=O)COC(=O)c2ccc(Cl)s2)c1C. The highest BCUT2D eigenvalue weighted by Crippen LogP contribution is 2.30. The number of thiophene rings is 1. The number of ether oxygens (including phenoxy) is 1. The first-order valence-electron chi connectivity index (χ1n) is 6.76. The fourth-order valence-electron chi connectivity index (χ4n) is 1.91. The average molecular weight is 369 g/mol. The highest BCUT2D eigenvalue weighted by Gasteiger charge is 2.20. The van der Waals surface area contributed by atoms with Gasteiger partial charge in [0.15, 0.2) is 6.61 Å². The molecule has 1 heterocycles. The Bertz CT molecular complexity index is 818. The van der Waals surface area contributed by atoms with Gasteiger partial charge in [-0.1, -0.05) is 17.7 Å². The number of anilines is 1. The summed E-state index contributed by atoms with van der Waals surface area (Å²) in [4.78, 5) is 34.5. The summed E-state index contributed by atoms with van der Waals surface area (Å²) in [5.74, 6) is -1.35. The lowest BCUT2D eigenvalue weighted by Gasteiger charge is -2.11. The second kappa shape index (κ2) is 7.41. The van der Waals surface area contributed by atoms with E-state index < -0.39 is 23.4 Å². The molecule has 9 heteroatoms. The Balaban J connectivity index is 2.06. The summed E-state index contributed by atoms with van der Waals surface area (Å²) in [6.45, 7) is 2.88. The number of aryl methyl sites for hydroxylation is 1. The third-order valence-electron chi connectivity index (χ3n) is 3.28. The van der Waals surface area contributed by atoms with Crippen molar-refractivity contribution in [3.05, 3.63) is 54.7 Å². The predicted molar refractivity (Wildman–Crippen MR) is 90.8 cm³/mol. The van der Waals surface area contributed by atoms with Gasteiger partial charge in [-0.2, -0.15) is 0 Å². The maximum Gasteiger partial charge on any atom is 0.348 e. The first-order chi connectivity index (χ1) is 11.3. The quantitative estimate of drug-likeness (QED) is 0.492. The Morgan fingerprint density at radius 1 is 1.29 bits per heavy atom. The molecule has 0 bridgehead atoms. The molecule has 1 aromatic carbocycles. The van der Waals surface area contributed by atoms with E-state index >= 15 is 0 Å². The number of nitrogens with one attached hydrogen (secondary N) is 1. The van der Waals surface area contributed by atoms with Gasteiger partial charge in [0.1, 0.15) is 10.6 Å². The van der Waals surface area contributed by atoms with Crippen molar-refractivity contribution in [3.63, 3.8) is 0 Å². The van der Waals surface area contributed by atoms with Crippen LogP contribution in [0.5, 0.6) is 0 Å². The zero-order chi connectivity index (χ0) is 17.9. The highest BCUT2D eigenvalue weighted by molar-refractivity contribution is 7.17. The predicted octanol–water partition coefficient (Wildman–Crippen LogP) is 3.72. The Morgan fingerprint density at radius 3 is 2.58 bits per heavy atom. The molecule has 0 spiro atoms. The average Bonchev–Trinajstić information content (AvgIpc) is 2.96. The standard InChI is InChI=1S/C15H13ClN2O5S/c1-8-3-4-10(18(21)22)14(9(8)2)17-13(19)7-23-15(20)11-5-6-12(16)24-11/h3-6H,7H2,1-2H3,(H,17,19). The van der Waals surface area contributed by atoms with Gasteiger partial charge in [0.2, 0.25) is 0 Å². The summed E-state index contributed by atoms with van der Waals surface area (Å²) in [6, 6.07) is 5.95. The van der Waals surface area contributed by atoms with Crippen LogP contribution in [-0.2, 0) is 9.53 Å². The number of nitro benzene ring substituents is 1. The van der Waals surface area contributed by atoms with Crippen molar-refractivity contribution in [1.29, 1.82) is 0 Å². The summed E-state index contributed by atoms with van der Waals surface area (Å²) in [5, 5.41) is 13.5. The molecule has 0 aliphatic carbocycles. The normalized spacial score (nSPS) is 10.3. The van der Waals surface area contributed by atoms with Crippen molar-refractivity contribution in [2.75, 3.05) is 11.9 Å². The molecule has 2 rings (SSSR count). The molecule has 0 saturated carbocycles. The Labute approximate surface area is 146 Å². The molecule has 7 nitrogen and oxygen atoms in total. The van der Waals surface area contributed by atoms with Crippen LogP contribution in [0, 0.1) is 24.0 Å². The zero-order valence-corrected chi connectivity index (χ0v) is 14.4. The number of nitrogens with zero attached hydrogens (tertiary/aromatic N) is 1. The molecule has 1 amide bonds. The Hall–Kier alpha value is -2.45. The van der Waals surface area contributed by atoms with Crippen LogP contribution in [0.1, 0.15) is 20.8 Å². The third kappa shape index (κ3) is 4.09. The molecule has 24 heavy (non-hydrogen) atoms. The van der Waals surface area contributed by atoms with Crippen LogP contribution in [-0.4, -0.2) is 23.4 Å². The minimum absolute atomic E-state index is 0.0974. The van der Waals surface area contributed by atoms with Crippen molar-refractivity contribution in [3.8, 4) is 0 Å². The molecule has 0 aliphatic rings. The van der Waals surface area contributed by atoms with E-state index in [0.29, 0.717) is 9.90 Å². The summed E-state index contributed by atoms with van der Waals surface area (Å²) < 4.78 is 5.30. The summed E-state index contributed by atoms with van der Waals surface area (Å²) in [7, 11) is 0. The van der Waals surface area contributed by atoms with Gasteiger partial charge in [-0.15, -0.1) is 11.3 Å². The van der Waals surface area contributed by atoms with Crippen LogP contribution >= 0.6 is 22.9 Å². The molecule has 0 aliphatic heterocycles. The Morgan fingerprint density at radius 2 is 2.00 bits per heavy atom. The van der Waals surface area contributed by atoms with Gasteiger partial charge >= 0.3 is 5.97 Å². The lowest BCUT2D eigenvalue weighted by molar-refractivity contribution is -0.384. The number of halogens is 1. The summed E-state index contributed by atoms with van der Waals surface area (Å²) in [5.41, 5.74) is 1.25. The van der Waals surface area contributed by atoms with Gasteiger partial charge in [0.25, 0.3) is 11.6 Å². The number of rotatable bonds is 5. The van der Waals surface area contributed by atoms with Crippen LogP contribution in [0.15, 0.2) is 24.3 Å². The molecule has 0 atom stereocenters. The largest absolute Gasteiger partial charge is 0.451 e. The number of benzene rings is 1. The Kier molecular flexibility index (Phi) is 5.53. The molecule has 0 fully saturated rings. The van der Waals surface area contributed by atoms with Gasteiger partial charge in [0.05, 0.1) is 9.26 Å². The van der Waals surface area contributed by atoms with Gasteiger partial charge in [0, 0.05) is 6.07 Å². The second-order valence-corrected chi connectivity index (χ2v) is 6.60. The molecular formula is C15H13ClN2O5S. The monoisotopic (exact) mass is 368 g/mol. The van der Waals surface area contributed by atoms with Gasteiger partial charge in [-0.3, -0.25) is 14.9 Å². The highest BCUT2D eigenvalue weighted by atomic mass is 35.5. The van der Waals surface area contributed by atoms with E-state index in [0.717, 1.165) is 16.9 Å². The number of hydrogen-bond acceptors (Lipinski definition) is 6. The number of amides is 1. The molecule has 126 valence electrons. The second-order valence-electron chi connectivity index (χ2n) is 4.89. The molecule has 0 saturated heterocycles. The maximum atomic E-state index is 12.0. The molecule has 2 aromatic rings. The van der Waals surface area contributed by atoms with Gasteiger partial charge in [-0.25, -0.2) is 4.79 Å². The maximum absolute atomic E-state index is 12.0. The van der Waals surface area contributed by atoms with E-state index in [1.165, 1.54) is 12.1 Å². The number of carbonyl (C=O) groups is 2. The van der Waals surface area contributed by atoms with E-state index in [9.17, 15) is 19.7 Å². The van der Waals surface area contributed by atoms with E-state index in [4.69, 9.17) is 16.3 Å². The van der Waals surface area contributed by atoms with Gasteiger partial charge < -0.3 is 10.1 Å². The molecule has 0 radical (unpaired) electrons. The first-order valence-corrected chi connectivity index (χ1v) is 7.96. The first kappa shape index (κ1) is 17.9. The van der Waals surface area contributed by atoms with Crippen LogP contribution in [0.25, 0.3) is 0 Å². The van der Waals surface area contributed by atoms with Crippen LogP contribution in [0.4, 0.5) is 11.4 Å². The summed E-state index contributed by atoms with van der Waals surface area (Å²) in [6.07, 6.45) is 0. The van der Waals surface area contributed by atoms with Crippen molar-refractivity contribution < 1.29 is 19.2 Å². The van der Waals surface area contributed by atoms with Crippen molar-refractivity contribution >= 4 is 46.2 Å². The number of hydrogen-bond donors (Lipinski definition) is 1. The van der Waals surface area contributed by atoms with E-state index in [-0.39, 0.29) is 16.3 Å². The van der Waals surface area contributed by atoms with Crippen LogP contribution in [0.3, 0.4) is 0 Å². The number of carbonyl (C=O) groups excluding carboxylic acids is 2. The molecule has 1 N–H and O–H groups in total. The van der Waals surface area contributed by atoms with E-state index in [1.807, 2.05) is 0 Å². The molecule has 1 aromatic heterocycles.